The Morgan fingerprint density at radius 3 is 2.86 bits per heavy atom. The normalized spacial score (nSPS) is 7.71. The van der Waals surface area contributed by atoms with Crippen LogP contribution in [-0.2, 0) is 4.65 Å². The van der Waals surface area contributed by atoms with Crippen molar-refractivity contribution in [1.82, 2.24) is 0 Å². The zero-order valence-corrected chi connectivity index (χ0v) is 6.77. The van der Waals surface area contributed by atoms with Gasteiger partial charge in [-0.15, -0.1) is 0 Å². The van der Waals surface area contributed by atoms with Crippen molar-refractivity contribution in [2.45, 2.75) is 6.92 Å². The Hall–Kier alpha value is 0.885. The van der Waals surface area contributed by atoms with Crippen molar-refractivity contribution < 1.29 is 4.65 Å². The largest absolute Gasteiger partial charge is 0.450 e. The molecule has 0 amide bonds. The molecule has 0 radical (unpaired) electrons. The van der Waals surface area contributed by atoms with Gasteiger partial charge < -0.3 is 4.65 Å². The molecule has 0 saturated heterocycles. The highest BCUT2D eigenvalue weighted by Crippen LogP contribution is 1.71. The molecule has 0 bridgehead atoms. The molecule has 0 fully saturated rings. The minimum atomic E-state index is 0.858. The van der Waals surface area contributed by atoms with E-state index in [1.165, 1.54) is 12.1 Å². The molecule has 0 spiro atoms. The molecular formula is C2H8B3IO. The summed E-state index contributed by atoms with van der Waals surface area (Å²) in [6.45, 7) is 2.88. The molecule has 0 aliphatic carbocycles. The highest BCUT2D eigenvalue weighted by molar-refractivity contribution is 14.1. The van der Waals surface area contributed by atoms with Crippen LogP contribution < -0.4 is 0 Å². The lowest BCUT2D eigenvalue weighted by atomic mass is 9.35. The highest BCUT2D eigenvalue weighted by atomic mass is 127. The Bertz CT molecular complexity index is 32.1. The van der Waals surface area contributed by atoms with Crippen LogP contribution in [0, 0.1) is 0 Å². The van der Waals surface area contributed by atoms with E-state index in [1.807, 2.05) is 6.92 Å². The number of hydrogen-bond acceptors (Lipinski definition) is 1. The van der Waals surface area contributed by atoms with E-state index >= 15 is 0 Å². The summed E-state index contributed by atoms with van der Waals surface area (Å²) in [4.78, 5) is 0. The molecule has 0 aromatic rings. The zero-order chi connectivity index (χ0) is 5.54. The van der Waals surface area contributed by atoms with E-state index in [1.54, 1.807) is 0 Å². The molecular weight excluding hydrogens is 199 g/mol. The maximum atomic E-state index is 5.07. The summed E-state index contributed by atoms with van der Waals surface area (Å²) in [7, 11) is 2.12. The van der Waals surface area contributed by atoms with Crippen molar-refractivity contribution in [3.8, 4) is 0 Å². The summed E-state index contributed by atoms with van der Waals surface area (Å²) < 4.78 is 5.07. The third-order valence-corrected chi connectivity index (χ3v) is 1.39. The molecule has 0 unspecified atom stereocenters. The number of halogens is 1. The molecule has 0 aliphatic heterocycles. The quantitative estimate of drug-likeness (QED) is 0.341. The fraction of sp³-hybridized carbons (Fsp3) is 1.00. The van der Waals surface area contributed by atoms with Crippen LogP contribution in [0.15, 0.2) is 0 Å². The minimum absolute atomic E-state index is 0.858. The van der Waals surface area contributed by atoms with E-state index < -0.39 is 0 Å². The molecule has 0 atom stereocenters. The van der Waals surface area contributed by atoms with Crippen LogP contribution in [0.2, 0.25) is 0 Å². The van der Waals surface area contributed by atoms with Gasteiger partial charge in [0.2, 0.25) is 7.37 Å². The summed E-state index contributed by atoms with van der Waals surface area (Å²) in [5, 5.41) is 1.21. The van der Waals surface area contributed by atoms with Crippen LogP contribution in [0.5, 0.6) is 0 Å². The van der Waals surface area contributed by atoms with Crippen LogP contribution >= 0.6 is 22.4 Å². The van der Waals surface area contributed by atoms with Crippen LogP contribution in [0.1, 0.15) is 6.92 Å². The molecule has 7 heavy (non-hydrogen) atoms. The van der Waals surface area contributed by atoms with Gasteiger partial charge in [-0.25, -0.2) is 0 Å². The topological polar surface area (TPSA) is 9.23 Å². The average Bonchev–Trinajstić information content (AvgIpc) is 1.69. The second-order valence-electron chi connectivity index (χ2n) is 1.24. The Balaban J connectivity index is 2.45. The predicted octanol–water partition coefficient (Wildman–Crippen LogP) is -0.573. The average molecular weight is 207 g/mol. The van der Waals surface area contributed by atoms with Gasteiger partial charge in [-0.1, -0.05) is 0 Å². The van der Waals surface area contributed by atoms with Crippen molar-refractivity contribution in [3.05, 3.63) is 0 Å². The molecule has 0 saturated carbocycles. The second kappa shape index (κ2) is 6.88. The molecule has 0 aromatic carbocycles. The molecule has 0 aliphatic rings. The third-order valence-electron chi connectivity index (χ3n) is 0.626. The van der Waals surface area contributed by atoms with Gasteiger partial charge in [0, 0.05) is 6.61 Å². The molecule has 38 valence electrons. The smallest absolute Gasteiger partial charge is 0.227 e. The van der Waals surface area contributed by atoms with Crippen molar-refractivity contribution in [1.29, 1.82) is 0 Å². The maximum absolute atomic E-state index is 5.07. The Kier molecular flexibility index (Phi) is 7.76. The first-order valence-electron chi connectivity index (χ1n) is 2.55. The molecule has 0 N–H and O–H groups in total. The van der Waals surface area contributed by atoms with Gasteiger partial charge >= 0.3 is 0 Å². The summed E-state index contributed by atoms with van der Waals surface area (Å²) in [5.74, 6) is 0. The fourth-order valence-corrected chi connectivity index (χ4v) is 0.612. The van der Waals surface area contributed by atoms with Crippen LogP contribution in [0.25, 0.3) is 0 Å². The van der Waals surface area contributed by atoms with Gasteiger partial charge in [0.1, 0.15) is 7.06 Å². The second-order valence-corrected chi connectivity index (χ2v) is 2.32. The highest BCUT2D eigenvalue weighted by Gasteiger charge is 1.89. The van der Waals surface area contributed by atoms with Crippen molar-refractivity contribution in [2.75, 3.05) is 6.61 Å². The SMILES string of the molecule is CCOBBBI. The fourth-order valence-electron chi connectivity index (χ4n) is 0.301. The van der Waals surface area contributed by atoms with E-state index in [0.29, 0.717) is 0 Å². The number of hydrogen-bond donors (Lipinski definition) is 0. The van der Waals surface area contributed by atoms with Crippen LogP contribution in [0.3, 0.4) is 0 Å². The van der Waals surface area contributed by atoms with Gasteiger partial charge in [-0.3, -0.25) is 0 Å². The van der Waals surface area contributed by atoms with E-state index in [0.717, 1.165) is 14.0 Å². The Labute approximate surface area is 60.2 Å². The first-order valence-corrected chi connectivity index (χ1v) is 4.08. The van der Waals surface area contributed by atoms with Crippen LogP contribution in [0.4, 0.5) is 0 Å². The van der Waals surface area contributed by atoms with E-state index in [-0.39, 0.29) is 0 Å². The molecule has 5 heteroatoms. The van der Waals surface area contributed by atoms with E-state index in [2.05, 4.69) is 22.4 Å². The van der Waals surface area contributed by atoms with Gasteiger partial charge in [-0.2, -0.15) is 22.4 Å². The van der Waals surface area contributed by atoms with Crippen molar-refractivity contribution in [2.24, 2.45) is 0 Å². The summed E-state index contributed by atoms with van der Waals surface area (Å²) in [5.41, 5.74) is 0. The van der Waals surface area contributed by atoms with E-state index in [9.17, 15) is 0 Å². The first-order chi connectivity index (χ1) is 3.41. The Morgan fingerprint density at radius 2 is 2.43 bits per heavy atom. The minimum Gasteiger partial charge on any atom is -0.450 e. The first kappa shape index (κ1) is 7.88. The third kappa shape index (κ3) is 6.88. The van der Waals surface area contributed by atoms with Gasteiger partial charge in [0.25, 0.3) is 0 Å². The van der Waals surface area contributed by atoms with Crippen LogP contribution in [-0.4, -0.2) is 26.1 Å². The van der Waals surface area contributed by atoms with Crippen molar-refractivity contribution >= 4 is 41.8 Å². The maximum Gasteiger partial charge on any atom is 0.227 e. The van der Waals surface area contributed by atoms with Gasteiger partial charge in [0.15, 0.2) is 5.03 Å². The molecule has 0 rings (SSSR count). The Morgan fingerprint density at radius 1 is 1.71 bits per heavy atom. The number of rotatable bonds is 4. The van der Waals surface area contributed by atoms with Gasteiger partial charge in [-0.05, 0) is 6.92 Å². The molecule has 0 heterocycles. The van der Waals surface area contributed by atoms with Crippen molar-refractivity contribution in [3.63, 3.8) is 0 Å². The summed E-state index contributed by atoms with van der Waals surface area (Å²) in [6, 6.07) is 0. The monoisotopic (exact) mass is 208 g/mol. The summed E-state index contributed by atoms with van der Waals surface area (Å²) in [6.07, 6.45) is 0. The summed E-state index contributed by atoms with van der Waals surface area (Å²) >= 11 is 2.35. The lowest BCUT2D eigenvalue weighted by molar-refractivity contribution is 0.370. The molecule has 0 aromatic heterocycles. The lowest BCUT2D eigenvalue weighted by Gasteiger charge is -1.90. The molecule has 1 nitrogen and oxygen atoms in total. The lowest BCUT2D eigenvalue weighted by Crippen LogP contribution is -2.11. The standard InChI is InChI=1S/C2H8B3IO/c1-2-7-5-3-4-6/h3-5H,2H2,1H3. The van der Waals surface area contributed by atoms with Gasteiger partial charge in [0.05, 0.1) is 0 Å². The predicted molar refractivity (Wildman–Crippen MR) is 47.1 cm³/mol. The zero-order valence-electron chi connectivity index (χ0n) is 4.61. The van der Waals surface area contributed by atoms with E-state index in [4.69, 9.17) is 4.65 Å².